The van der Waals surface area contributed by atoms with Gasteiger partial charge >= 0.3 is 0 Å². The number of hydrogen-bond acceptors (Lipinski definition) is 2. The van der Waals surface area contributed by atoms with Crippen molar-refractivity contribution in [2.45, 2.75) is 52.5 Å². The molecule has 9 radical (unpaired) electrons. The van der Waals surface area contributed by atoms with E-state index in [2.05, 4.69) is 41.5 Å². The first kappa shape index (κ1) is 30.1. The summed E-state index contributed by atoms with van der Waals surface area (Å²) in [5, 5.41) is 0. The summed E-state index contributed by atoms with van der Waals surface area (Å²) in [6, 6.07) is -0.352. The molecule has 2 aliphatic heterocycles. The molecule has 0 amide bonds. The van der Waals surface area contributed by atoms with Crippen molar-refractivity contribution in [3.63, 3.8) is 0 Å². The zero-order valence-corrected chi connectivity index (χ0v) is 20.7. The van der Waals surface area contributed by atoms with Crippen molar-refractivity contribution in [1.82, 2.24) is 0 Å². The minimum absolute atomic E-state index is 0. The molecule has 6 atom stereocenters. The van der Waals surface area contributed by atoms with Crippen molar-refractivity contribution in [1.29, 1.82) is 0 Å². The average Bonchev–Trinajstić information content (AvgIpc) is 2.84. The maximum atomic E-state index is 5.63. The van der Waals surface area contributed by atoms with Crippen molar-refractivity contribution < 1.29 is 74.9 Å². The molecule has 2 aliphatic rings. The van der Waals surface area contributed by atoms with Gasteiger partial charge in [-0.2, -0.15) is 48.7 Å². The molecule has 2 nitrogen and oxygen atoms in total. The fraction of sp³-hybridized carbons (Fsp3) is 0.750. The number of rotatable bonds is 2. The summed E-state index contributed by atoms with van der Waals surface area (Å²) < 4.78 is 10.7. The van der Waals surface area contributed by atoms with Crippen LogP contribution >= 0.6 is 0 Å². The van der Waals surface area contributed by atoms with E-state index in [0.717, 1.165) is 25.0 Å². The van der Waals surface area contributed by atoms with E-state index in [9.17, 15) is 0 Å². The Balaban J connectivity index is -0.000000308. The van der Waals surface area contributed by atoms with Gasteiger partial charge in [-0.15, -0.1) is 0 Å². The predicted octanol–water partition coefficient (Wildman–Crippen LogP) is 2.69. The van der Waals surface area contributed by atoms with Crippen LogP contribution in [0.15, 0.2) is 0 Å². The van der Waals surface area contributed by atoms with Crippen molar-refractivity contribution in [2.24, 2.45) is 23.7 Å². The summed E-state index contributed by atoms with van der Waals surface area (Å²) >= 11 is 0. The second-order valence-electron chi connectivity index (χ2n) is 5.71. The van der Waals surface area contributed by atoms with Gasteiger partial charge in [-0.05, 0) is 12.0 Å². The molecule has 2 fully saturated rings. The van der Waals surface area contributed by atoms with Crippen LogP contribution < -0.4 is 0 Å². The van der Waals surface area contributed by atoms with Crippen LogP contribution in [0.25, 0.3) is 0 Å². The first-order valence-corrected chi connectivity index (χ1v) is 7.55. The molecule has 0 bridgehead atoms. The monoisotopic (exact) mass is 461 g/mol. The molecule has 23 heavy (non-hydrogen) atoms. The first-order chi connectivity index (χ1) is 9.33. The van der Waals surface area contributed by atoms with E-state index >= 15 is 0 Å². The van der Waals surface area contributed by atoms with Gasteiger partial charge in [0, 0.05) is 73.8 Å². The molecule has 2 saturated heterocycles. The molecule has 0 aliphatic carbocycles. The van der Waals surface area contributed by atoms with Crippen LogP contribution in [0.2, 0.25) is 0 Å². The summed E-state index contributed by atoms with van der Waals surface area (Å²) in [5.74, 6) is 1.32. The zero-order valence-electron chi connectivity index (χ0n) is 15.0. The van der Waals surface area contributed by atoms with Crippen molar-refractivity contribution in [3.05, 3.63) is 26.1 Å². The van der Waals surface area contributed by atoms with E-state index in [-0.39, 0.29) is 97.7 Å². The molecule has 0 aromatic heterocycles. The first-order valence-electron chi connectivity index (χ1n) is 7.55. The summed E-state index contributed by atoms with van der Waals surface area (Å²) in [6.45, 7) is 16.2. The van der Waals surface area contributed by atoms with Crippen LogP contribution in [0.4, 0.5) is 0 Å². The third-order valence-electron chi connectivity index (χ3n) is 4.42. The van der Waals surface area contributed by atoms with Crippen LogP contribution in [-0.2, 0) is 74.9 Å². The Morgan fingerprint density at radius 1 is 0.826 bits per heavy atom. The Labute approximate surface area is 199 Å². The van der Waals surface area contributed by atoms with E-state index in [1.54, 1.807) is 0 Å². The van der Waals surface area contributed by atoms with Gasteiger partial charge in [0.2, 0.25) is 0 Å². The summed E-state index contributed by atoms with van der Waals surface area (Å²) in [6.07, 6.45) is 4.13. The Morgan fingerprint density at radius 3 is 1.17 bits per heavy atom. The van der Waals surface area contributed by atoms with Gasteiger partial charge in [0.05, 0.1) is 0 Å². The zero-order chi connectivity index (χ0) is 15.4. The van der Waals surface area contributed by atoms with Gasteiger partial charge in [-0.1, -0.05) is 27.7 Å². The Morgan fingerprint density at radius 2 is 1.09 bits per heavy atom. The Bertz CT molecular complexity index is 272. The molecule has 0 aromatic carbocycles. The second kappa shape index (κ2) is 14.4. The molecule has 2 heterocycles. The van der Waals surface area contributed by atoms with Gasteiger partial charge in [-0.25, -0.2) is 0 Å². The van der Waals surface area contributed by atoms with Crippen molar-refractivity contribution in [3.8, 4) is 0 Å². The fourth-order valence-electron chi connectivity index (χ4n) is 2.60. The van der Waals surface area contributed by atoms with Gasteiger partial charge in [-0.3, -0.25) is 0 Å². The van der Waals surface area contributed by atoms with E-state index < -0.39 is 0 Å². The van der Waals surface area contributed by atoms with Crippen LogP contribution in [0, 0.1) is 49.7 Å². The average molecular weight is 461 g/mol. The molecule has 2 unspecified atom stereocenters. The molecule has 0 aromatic rings. The molecule has 2 rings (SSSR count). The van der Waals surface area contributed by atoms with Gasteiger partial charge < -0.3 is 23.3 Å². The third-order valence-corrected chi connectivity index (χ3v) is 4.42. The van der Waals surface area contributed by atoms with Gasteiger partial charge in [0.15, 0.2) is 0 Å². The maximum absolute atomic E-state index is 5.63. The number of ether oxygens (including phenoxy) is 2. The molecule has 0 spiro atoms. The fourth-order valence-corrected chi connectivity index (χ4v) is 2.60. The number of hydrogen-bond donors (Lipinski definition) is 0. The Kier molecular flexibility index (Phi) is 18.8. The standard InChI is InChI=1S/2C8H13BO.B.2Y/c2*1-4-7-5(2)6(3)8(9)10-7;;;/h2*5-6,8H,3-4H2,1-2H3;;;/q2*-2;;;/t5?,6-,8+;5?,6-,8-;;;/m01.../s1. The molecule has 0 saturated carbocycles. The summed E-state index contributed by atoms with van der Waals surface area (Å²) in [5.41, 5.74) is 0. The second-order valence-corrected chi connectivity index (χ2v) is 5.71. The van der Waals surface area contributed by atoms with Crippen LogP contribution in [0.5, 0.6) is 0 Å². The maximum Gasteiger partial charge on any atom is 0.101 e. The normalized spacial score (nSPS) is 37.0. The van der Waals surface area contributed by atoms with Gasteiger partial charge in [0.1, 0.15) is 15.7 Å². The van der Waals surface area contributed by atoms with Crippen molar-refractivity contribution >= 4 is 24.1 Å². The van der Waals surface area contributed by atoms with E-state index in [4.69, 9.17) is 25.2 Å². The van der Waals surface area contributed by atoms with Crippen molar-refractivity contribution in [2.75, 3.05) is 0 Å². The summed E-state index contributed by atoms with van der Waals surface area (Å²) in [4.78, 5) is 0. The molecule has 0 N–H and O–H groups in total. The van der Waals surface area contributed by atoms with Crippen LogP contribution in [0.3, 0.4) is 0 Å². The van der Waals surface area contributed by atoms with E-state index in [0.29, 0.717) is 11.8 Å². The van der Waals surface area contributed by atoms with Crippen LogP contribution in [-0.4, -0.2) is 36.1 Å². The smallest absolute Gasteiger partial charge is 0.101 e. The molecular weight excluding hydrogens is 434 g/mol. The Hall–Kier alpha value is 2.32. The largest absolute Gasteiger partial charge is 0.555 e. The van der Waals surface area contributed by atoms with E-state index in [1.807, 2.05) is 0 Å². The SMILES string of the molecule is [B].[B][C@@H]1O[C-](CC)C(C)[C@@H]1[CH2-].[B][C@@H]1O[C-](CC)C(C)[C@H]1[CH2-].[Y].[Y]. The molecular formula is C16H26B3O2Y2-4. The minimum Gasteiger partial charge on any atom is -0.555 e. The van der Waals surface area contributed by atoms with E-state index in [1.165, 1.54) is 0 Å². The predicted molar refractivity (Wildman–Crippen MR) is 90.1 cm³/mol. The van der Waals surface area contributed by atoms with Gasteiger partial charge in [0.25, 0.3) is 0 Å². The minimum atomic E-state index is -0.176. The van der Waals surface area contributed by atoms with Crippen LogP contribution in [0.1, 0.15) is 40.5 Å². The summed E-state index contributed by atoms with van der Waals surface area (Å²) in [7, 11) is 11.3. The molecule has 7 heteroatoms. The topological polar surface area (TPSA) is 18.5 Å². The third kappa shape index (κ3) is 8.25. The molecule has 121 valence electrons. The quantitative estimate of drug-likeness (QED) is 0.466.